The summed E-state index contributed by atoms with van der Waals surface area (Å²) in [6.45, 7) is 4.53. The zero-order chi connectivity index (χ0) is 15.4. The van der Waals surface area contributed by atoms with E-state index < -0.39 is 0 Å². The Kier molecular flexibility index (Phi) is 3.43. The number of benzene rings is 2. The van der Waals surface area contributed by atoms with Crippen LogP contribution in [0.4, 0.5) is 0 Å². The van der Waals surface area contributed by atoms with Gasteiger partial charge in [0.1, 0.15) is 0 Å². The van der Waals surface area contributed by atoms with Crippen molar-refractivity contribution in [3.63, 3.8) is 0 Å². The van der Waals surface area contributed by atoms with Crippen molar-refractivity contribution >= 4 is 44.0 Å². The van der Waals surface area contributed by atoms with Gasteiger partial charge in [-0.05, 0) is 48.2 Å². The molecule has 0 N–H and O–H groups in total. The highest BCUT2D eigenvalue weighted by atomic mass is 79.9. The minimum atomic E-state index is 0.444. The molecule has 0 saturated heterocycles. The zero-order valence-corrected chi connectivity index (χ0v) is 15.7. The van der Waals surface area contributed by atoms with Crippen molar-refractivity contribution in [2.75, 3.05) is 0 Å². The first-order valence-corrected chi connectivity index (χ1v) is 9.09. The molecule has 0 heterocycles. The Morgan fingerprint density at radius 1 is 0.682 bits per heavy atom. The van der Waals surface area contributed by atoms with E-state index in [-0.39, 0.29) is 0 Å². The lowest BCUT2D eigenvalue weighted by molar-refractivity contribution is 0.692. The van der Waals surface area contributed by atoms with Crippen molar-refractivity contribution < 1.29 is 0 Å². The molecule has 2 unspecified atom stereocenters. The lowest BCUT2D eigenvalue weighted by Crippen LogP contribution is -2.10. The minimum Gasteiger partial charge on any atom is -0.0642 e. The summed E-state index contributed by atoms with van der Waals surface area (Å²) in [5.74, 6) is 0.888. The van der Waals surface area contributed by atoms with Gasteiger partial charge in [0.2, 0.25) is 0 Å². The van der Waals surface area contributed by atoms with Gasteiger partial charge in [-0.25, -0.2) is 0 Å². The SMILES string of the molecule is CC1=Cc2c(Br)cccc2C1C1C(C)=Cc2c(Br)cccc21. The van der Waals surface area contributed by atoms with E-state index in [9.17, 15) is 0 Å². The summed E-state index contributed by atoms with van der Waals surface area (Å²) >= 11 is 7.41. The van der Waals surface area contributed by atoms with Crippen molar-refractivity contribution in [3.05, 3.63) is 78.7 Å². The fourth-order valence-electron chi connectivity index (χ4n) is 3.96. The van der Waals surface area contributed by atoms with Crippen LogP contribution in [-0.4, -0.2) is 0 Å². The number of rotatable bonds is 1. The summed E-state index contributed by atoms with van der Waals surface area (Å²) in [6, 6.07) is 13.1. The molecule has 110 valence electrons. The van der Waals surface area contributed by atoms with E-state index in [4.69, 9.17) is 0 Å². The molecular weight excluding hydrogens is 400 g/mol. The second-order valence-corrected chi connectivity index (χ2v) is 7.93. The first kappa shape index (κ1) is 14.5. The summed E-state index contributed by atoms with van der Waals surface area (Å²) in [7, 11) is 0. The van der Waals surface area contributed by atoms with Crippen LogP contribution in [0.15, 0.2) is 56.5 Å². The van der Waals surface area contributed by atoms with E-state index in [1.165, 1.54) is 42.3 Å². The molecular formula is C20H16Br2. The monoisotopic (exact) mass is 414 g/mol. The molecule has 2 atom stereocenters. The molecule has 0 nitrogen and oxygen atoms in total. The second-order valence-electron chi connectivity index (χ2n) is 6.22. The molecule has 0 amide bonds. The molecule has 0 spiro atoms. The van der Waals surface area contributed by atoms with Crippen LogP contribution in [0.3, 0.4) is 0 Å². The van der Waals surface area contributed by atoms with Crippen LogP contribution < -0.4 is 0 Å². The van der Waals surface area contributed by atoms with Crippen molar-refractivity contribution in [1.29, 1.82) is 0 Å². The number of allylic oxidation sites excluding steroid dienone is 2. The summed E-state index contributed by atoms with van der Waals surface area (Å²) < 4.78 is 2.39. The first-order chi connectivity index (χ1) is 10.6. The van der Waals surface area contributed by atoms with Crippen LogP contribution in [0.5, 0.6) is 0 Å². The van der Waals surface area contributed by atoms with Gasteiger partial charge in [-0.1, -0.05) is 79.4 Å². The molecule has 0 radical (unpaired) electrons. The van der Waals surface area contributed by atoms with E-state index >= 15 is 0 Å². The Morgan fingerprint density at radius 3 is 1.50 bits per heavy atom. The summed E-state index contributed by atoms with van der Waals surface area (Å²) in [5, 5.41) is 0. The van der Waals surface area contributed by atoms with Gasteiger partial charge >= 0.3 is 0 Å². The fraction of sp³-hybridized carbons (Fsp3) is 0.200. The molecule has 0 bridgehead atoms. The van der Waals surface area contributed by atoms with Gasteiger partial charge in [-0.15, -0.1) is 0 Å². The minimum absolute atomic E-state index is 0.444. The number of hydrogen-bond acceptors (Lipinski definition) is 0. The van der Waals surface area contributed by atoms with Gasteiger partial charge in [0.25, 0.3) is 0 Å². The van der Waals surface area contributed by atoms with Gasteiger partial charge in [-0.3, -0.25) is 0 Å². The number of fused-ring (bicyclic) bond motifs is 2. The summed E-state index contributed by atoms with van der Waals surface area (Å²) in [4.78, 5) is 0. The summed E-state index contributed by atoms with van der Waals surface area (Å²) in [6.07, 6.45) is 4.68. The van der Waals surface area contributed by atoms with E-state index in [0.29, 0.717) is 11.8 Å². The fourth-order valence-corrected chi connectivity index (χ4v) is 4.96. The Labute approximate surface area is 148 Å². The highest BCUT2D eigenvalue weighted by Gasteiger charge is 2.36. The Balaban J connectivity index is 1.90. The largest absolute Gasteiger partial charge is 0.0642 e. The maximum absolute atomic E-state index is 3.70. The highest BCUT2D eigenvalue weighted by molar-refractivity contribution is 9.10. The lowest BCUT2D eigenvalue weighted by Gasteiger charge is -2.25. The second kappa shape index (κ2) is 5.21. The molecule has 0 aliphatic heterocycles. The van der Waals surface area contributed by atoms with Gasteiger partial charge in [0.15, 0.2) is 0 Å². The van der Waals surface area contributed by atoms with Crippen molar-refractivity contribution in [2.45, 2.75) is 25.7 Å². The first-order valence-electron chi connectivity index (χ1n) is 7.51. The third kappa shape index (κ3) is 2.00. The zero-order valence-electron chi connectivity index (χ0n) is 12.5. The molecule has 4 rings (SSSR count). The predicted molar refractivity (Wildman–Crippen MR) is 101 cm³/mol. The highest BCUT2D eigenvalue weighted by Crippen LogP contribution is 2.53. The van der Waals surface area contributed by atoms with Crippen LogP contribution in [0, 0.1) is 0 Å². The van der Waals surface area contributed by atoms with Crippen molar-refractivity contribution in [2.24, 2.45) is 0 Å². The predicted octanol–water partition coefficient (Wildman–Crippen LogP) is 6.91. The van der Waals surface area contributed by atoms with Crippen LogP contribution in [0.2, 0.25) is 0 Å². The van der Waals surface area contributed by atoms with E-state index in [1.807, 2.05) is 0 Å². The molecule has 2 aliphatic carbocycles. The van der Waals surface area contributed by atoms with Crippen LogP contribution in [0.25, 0.3) is 12.2 Å². The van der Waals surface area contributed by atoms with Gasteiger partial charge in [-0.2, -0.15) is 0 Å². The average molecular weight is 416 g/mol. The van der Waals surface area contributed by atoms with Gasteiger partial charge in [0.05, 0.1) is 0 Å². The normalized spacial score (nSPS) is 22.2. The van der Waals surface area contributed by atoms with Crippen molar-refractivity contribution in [1.82, 2.24) is 0 Å². The third-order valence-electron chi connectivity index (χ3n) is 4.90. The van der Waals surface area contributed by atoms with Gasteiger partial charge in [0, 0.05) is 20.8 Å². The standard InChI is InChI=1S/C20H16Br2/c1-11-9-15-13(5-3-7-17(15)21)19(11)20-12(2)10-16-14(20)6-4-8-18(16)22/h3-10,19-20H,1-2H3. The molecule has 22 heavy (non-hydrogen) atoms. The molecule has 0 fully saturated rings. The van der Waals surface area contributed by atoms with Gasteiger partial charge < -0.3 is 0 Å². The maximum atomic E-state index is 3.70. The van der Waals surface area contributed by atoms with E-state index in [2.05, 4.69) is 94.3 Å². The van der Waals surface area contributed by atoms with E-state index in [0.717, 1.165) is 0 Å². The smallest absolute Gasteiger partial charge is 0.0250 e. The Morgan fingerprint density at radius 2 is 1.09 bits per heavy atom. The third-order valence-corrected chi connectivity index (χ3v) is 6.28. The Bertz CT molecular complexity index is 771. The number of hydrogen-bond donors (Lipinski definition) is 0. The molecule has 2 aromatic rings. The van der Waals surface area contributed by atoms with E-state index in [1.54, 1.807) is 0 Å². The Hall–Kier alpha value is -1.12. The van der Waals surface area contributed by atoms with Crippen molar-refractivity contribution in [3.8, 4) is 0 Å². The summed E-state index contributed by atoms with van der Waals surface area (Å²) in [5.41, 5.74) is 8.48. The lowest BCUT2D eigenvalue weighted by atomic mass is 9.78. The van der Waals surface area contributed by atoms with Crippen LogP contribution in [0.1, 0.15) is 47.9 Å². The molecule has 0 aromatic heterocycles. The molecule has 2 aromatic carbocycles. The van der Waals surface area contributed by atoms with Crippen LogP contribution >= 0.6 is 31.9 Å². The quantitative estimate of drug-likeness (QED) is 0.474. The maximum Gasteiger partial charge on any atom is 0.0250 e. The number of halogens is 2. The molecule has 2 aliphatic rings. The average Bonchev–Trinajstić information content (AvgIpc) is 2.98. The molecule has 0 saturated carbocycles. The topological polar surface area (TPSA) is 0 Å². The van der Waals surface area contributed by atoms with Crippen LogP contribution in [-0.2, 0) is 0 Å². The molecule has 2 heteroatoms.